The fourth-order valence-corrected chi connectivity index (χ4v) is 3.45. The summed E-state index contributed by atoms with van der Waals surface area (Å²) < 4.78 is 0. The van der Waals surface area contributed by atoms with E-state index in [-0.39, 0.29) is 43.1 Å². The molecule has 1 aromatic rings. The van der Waals surface area contributed by atoms with Crippen molar-refractivity contribution < 1.29 is 39.3 Å². The Morgan fingerprint density at radius 3 is 1.92 bits per heavy atom. The summed E-state index contributed by atoms with van der Waals surface area (Å²) in [7, 11) is 0. The number of aromatic hydroxyl groups is 1. The molecule has 0 aromatic heterocycles. The number of rotatable bonds is 15. The summed E-state index contributed by atoms with van der Waals surface area (Å²) in [6, 6.07) is 1.15. The Kier molecular flexibility index (Phi) is 12.7. The van der Waals surface area contributed by atoms with Crippen LogP contribution in [0.3, 0.4) is 0 Å². The molecular weight excluding hydrogens is 492 g/mol. The van der Waals surface area contributed by atoms with Gasteiger partial charge in [-0.2, -0.15) is 12.6 Å². The van der Waals surface area contributed by atoms with Gasteiger partial charge in [0.2, 0.25) is 17.7 Å². The number of benzene rings is 1. The number of hydrogen-bond acceptors (Lipinski definition) is 8. The van der Waals surface area contributed by atoms with E-state index in [4.69, 9.17) is 10.8 Å². The number of phenolic OH excluding ortho intramolecular Hbond substituents is 1. The van der Waals surface area contributed by atoms with E-state index in [2.05, 4.69) is 28.6 Å². The maximum absolute atomic E-state index is 13.0. The Morgan fingerprint density at radius 1 is 0.889 bits per heavy atom. The third-order valence-electron chi connectivity index (χ3n) is 5.15. The summed E-state index contributed by atoms with van der Waals surface area (Å²) in [6.45, 7) is 3.61. The number of phenols is 1. The Morgan fingerprint density at radius 2 is 1.42 bits per heavy atom. The summed E-state index contributed by atoms with van der Waals surface area (Å²) in [6.07, 6.45) is -0.329. The second-order valence-electron chi connectivity index (χ2n) is 8.74. The highest BCUT2D eigenvalue weighted by molar-refractivity contribution is 7.80. The minimum absolute atomic E-state index is 0.00347. The Hall–Kier alpha value is -3.32. The molecule has 36 heavy (non-hydrogen) atoms. The van der Waals surface area contributed by atoms with Crippen LogP contribution in [0.5, 0.6) is 5.75 Å². The summed E-state index contributed by atoms with van der Waals surface area (Å²) in [4.78, 5) is 60.5. The van der Waals surface area contributed by atoms with E-state index < -0.39 is 53.8 Å². The monoisotopic (exact) mass is 526 g/mol. The number of carbonyl (C=O) groups excluding carboxylic acids is 3. The average Bonchev–Trinajstić information content (AvgIpc) is 2.80. The first-order valence-corrected chi connectivity index (χ1v) is 12.0. The number of carbonyl (C=O) groups is 5. The van der Waals surface area contributed by atoms with E-state index in [0.717, 1.165) is 0 Å². The Labute approximate surface area is 214 Å². The minimum atomic E-state index is -1.22. The Bertz CT molecular complexity index is 925. The van der Waals surface area contributed by atoms with Crippen molar-refractivity contribution in [2.24, 2.45) is 11.7 Å². The first kappa shape index (κ1) is 30.7. The fourth-order valence-electron chi connectivity index (χ4n) is 3.20. The summed E-state index contributed by atoms with van der Waals surface area (Å²) >= 11 is 4.07. The first-order chi connectivity index (χ1) is 16.8. The van der Waals surface area contributed by atoms with Gasteiger partial charge >= 0.3 is 11.9 Å². The molecule has 3 amide bonds. The lowest BCUT2D eigenvalue weighted by atomic mass is 10.0. The van der Waals surface area contributed by atoms with Gasteiger partial charge in [0.15, 0.2) is 0 Å². The summed E-state index contributed by atoms with van der Waals surface area (Å²) in [5.41, 5.74) is 6.26. The number of thiol groups is 1. The van der Waals surface area contributed by atoms with Crippen LogP contribution in [0.25, 0.3) is 0 Å². The number of carboxylic acids is 2. The van der Waals surface area contributed by atoms with Gasteiger partial charge in [-0.3, -0.25) is 19.2 Å². The van der Waals surface area contributed by atoms with Crippen molar-refractivity contribution in [2.45, 2.75) is 63.7 Å². The molecule has 13 heteroatoms. The van der Waals surface area contributed by atoms with Crippen molar-refractivity contribution in [2.75, 3.05) is 5.75 Å². The molecule has 0 aliphatic heterocycles. The van der Waals surface area contributed by atoms with E-state index in [1.165, 1.54) is 12.1 Å². The van der Waals surface area contributed by atoms with Gasteiger partial charge in [0.25, 0.3) is 0 Å². The van der Waals surface area contributed by atoms with Crippen molar-refractivity contribution >= 4 is 42.3 Å². The first-order valence-electron chi connectivity index (χ1n) is 11.3. The van der Waals surface area contributed by atoms with Gasteiger partial charge < -0.3 is 37.0 Å². The van der Waals surface area contributed by atoms with Crippen LogP contribution in [0.1, 0.15) is 38.7 Å². The molecule has 1 rings (SSSR count). The normalized spacial score (nSPS) is 14.2. The number of amides is 3. The predicted molar refractivity (Wildman–Crippen MR) is 133 cm³/mol. The summed E-state index contributed by atoms with van der Waals surface area (Å²) in [5.74, 6) is -4.78. The van der Waals surface area contributed by atoms with Gasteiger partial charge in [-0.15, -0.1) is 0 Å². The van der Waals surface area contributed by atoms with Crippen LogP contribution >= 0.6 is 12.6 Å². The maximum Gasteiger partial charge on any atom is 0.326 e. The molecule has 4 atom stereocenters. The lowest BCUT2D eigenvalue weighted by Gasteiger charge is -2.25. The molecule has 0 radical (unpaired) electrons. The largest absolute Gasteiger partial charge is 0.508 e. The highest BCUT2D eigenvalue weighted by atomic mass is 32.1. The van der Waals surface area contributed by atoms with Crippen LogP contribution < -0.4 is 21.7 Å². The summed E-state index contributed by atoms with van der Waals surface area (Å²) in [5, 5.41) is 35.1. The highest BCUT2D eigenvalue weighted by Gasteiger charge is 2.30. The molecule has 8 N–H and O–H groups in total. The number of nitrogens with two attached hydrogens (primary N) is 1. The molecule has 0 saturated carbocycles. The van der Waals surface area contributed by atoms with E-state index in [0.29, 0.717) is 5.56 Å². The molecule has 0 bridgehead atoms. The van der Waals surface area contributed by atoms with Gasteiger partial charge in [0.05, 0.1) is 6.04 Å². The zero-order valence-corrected chi connectivity index (χ0v) is 21.0. The molecule has 200 valence electrons. The third-order valence-corrected chi connectivity index (χ3v) is 5.52. The molecule has 0 saturated heterocycles. The molecule has 0 aliphatic rings. The van der Waals surface area contributed by atoms with Crippen molar-refractivity contribution in [3.05, 3.63) is 29.8 Å². The SMILES string of the molecule is CC(C)CC(NC(=O)C(Cc1ccc(O)cc1)NC(=O)C(CS)NC(=O)C(N)CCC(=O)O)C(=O)O. The van der Waals surface area contributed by atoms with Crippen molar-refractivity contribution in [1.29, 1.82) is 0 Å². The number of aliphatic carboxylic acids is 2. The molecule has 4 unspecified atom stereocenters. The quantitative estimate of drug-likeness (QED) is 0.140. The Balaban J connectivity index is 3.02. The van der Waals surface area contributed by atoms with Gasteiger partial charge in [0, 0.05) is 18.6 Å². The highest BCUT2D eigenvalue weighted by Crippen LogP contribution is 2.12. The minimum Gasteiger partial charge on any atom is -0.508 e. The molecule has 0 heterocycles. The zero-order chi connectivity index (χ0) is 27.4. The third kappa shape index (κ3) is 11.0. The van der Waals surface area contributed by atoms with E-state index in [9.17, 15) is 34.2 Å². The van der Waals surface area contributed by atoms with Crippen molar-refractivity contribution in [3.63, 3.8) is 0 Å². The lowest BCUT2D eigenvalue weighted by molar-refractivity contribution is -0.143. The van der Waals surface area contributed by atoms with Gasteiger partial charge in [-0.1, -0.05) is 26.0 Å². The van der Waals surface area contributed by atoms with Crippen molar-refractivity contribution in [3.8, 4) is 5.75 Å². The molecule has 0 aliphatic carbocycles. The maximum atomic E-state index is 13.0. The second kappa shape index (κ2) is 14.9. The van der Waals surface area contributed by atoms with Crippen molar-refractivity contribution in [1.82, 2.24) is 16.0 Å². The lowest BCUT2D eigenvalue weighted by Crippen LogP contribution is -2.58. The zero-order valence-electron chi connectivity index (χ0n) is 20.1. The van der Waals surface area contributed by atoms with Crippen LogP contribution in [0.15, 0.2) is 24.3 Å². The number of nitrogens with one attached hydrogen (secondary N) is 3. The smallest absolute Gasteiger partial charge is 0.326 e. The van der Waals surface area contributed by atoms with Crippen LogP contribution in [0.2, 0.25) is 0 Å². The van der Waals surface area contributed by atoms with Gasteiger partial charge in [0.1, 0.15) is 23.9 Å². The topological polar surface area (TPSA) is 208 Å². The van der Waals surface area contributed by atoms with E-state index in [1.807, 2.05) is 0 Å². The van der Waals surface area contributed by atoms with Crippen LogP contribution in [0.4, 0.5) is 0 Å². The van der Waals surface area contributed by atoms with Crippen LogP contribution in [-0.2, 0) is 30.4 Å². The van der Waals surface area contributed by atoms with E-state index >= 15 is 0 Å². The number of hydrogen-bond donors (Lipinski definition) is 8. The van der Waals surface area contributed by atoms with Crippen LogP contribution in [-0.4, -0.2) is 74.9 Å². The van der Waals surface area contributed by atoms with Crippen LogP contribution in [0, 0.1) is 5.92 Å². The van der Waals surface area contributed by atoms with Gasteiger partial charge in [-0.25, -0.2) is 4.79 Å². The molecule has 1 aromatic carbocycles. The average molecular weight is 527 g/mol. The molecular formula is C23H34N4O8S. The standard InChI is InChI=1S/C23H34N4O8S/c1-12(2)9-17(23(34)35)26-21(32)16(10-13-3-5-14(28)6-4-13)25-22(33)18(11-36)27-20(31)15(24)7-8-19(29)30/h3-6,12,15-18,28,36H,7-11,24H2,1-2H3,(H,25,33)(H,26,32)(H,27,31)(H,29,30)(H,34,35). The second-order valence-corrected chi connectivity index (χ2v) is 9.11. The van der Waals surface area contributed by atoms with Gasteiger partial charge in [-0.05, 0) is 36.5 Å². The van der Waals surface area contributed by atoms with E-state index in [1.54, 1.807) is 26.0 Å². The predicted octanol–water partition coefficient (Wildman–Crippen LogP) is -0.358. The molecule has 12 nitrogen and oxygen atoms in total. The molecule has 0 fully saturated rings. The fraction of sp³-hybridized carbons (Fsp3) is 0.522. The number of carboxylic acid groups (broad SMARTS) is 2. The molecule has 0 spiro atoms.